The number of anilines is 2. The van der Waals surface area contributed by atoms with Gasteiger partial charge >= 0.3 is 0 Å². The Balaban J connectivity index is 2.37. The van der Waals surface area contributed by atoms with Crippen molar-refractivity contribution in [1.82, 2.24) is 0 Å². The number of para-hydroxylation sites is 1. The van der Waals surface area contributed by atoms with Crippen LogP contribution >= 0.6 is 0 Å². The van der Waals surface area contributed by atoms with Gasteiger partial charge in [-0.2, -0.15) is 0 Å². The third kappa shape index (κ3) is 2.85. The van der Waals surface area contributed by atoms with Crippen LogP contribution in [0.2, 0.25) is 0 Å². The van der Waals surface area contributed by atoms with Gasteiger partial charge in [0.25, 0.3) is 10.0 Å². The van der Waals surface area contributed by atoms with Crippen LogP contribution in [0.5, 0.6) is 0 Å². The van der Waals surface area contributed by atoms with Gasteiger partial charge in [-0.05, 0) is 42.8 Å². The summed E-state index contributed by atoms with van der Waals surface area (Å²) in [4.78, 5) is -0.00280. The summed E-state index contributed by atoms with van der Waals surface area (Å²) in [7, 11) is -3.77. The molecular formula is C13H13FN2O2S. The maximum Gasteiger partial charge on any atom is 0.263 e. The van der Waals surface area contributed by atoms with Crippen LogP contribution in [-0.4, -0.2) is 8.42 Å². The first kappa shape index (κ1) is 13.4. The Bertz CT molecular complexity index is 714. The number of benzene rings is 2. The number of nitrogen functional groups attached to an aromatic ring is 1. The quantitative estimate of drug-likeness (QED) is 0.848. The Morgan fingerprint density at radius 3 is 2.47 bits per heavy atom. The highest BCUT2D eigenvalue weighted by atomic mass is 32.2. The van der Waals surface area contributed by atoms with Crippen molar-refractivity contribution in [2.75, 3.05) is 10.5 Å². The Morgan fingerprint density at radius 2 is 1.84 bits per heavy atom. The molecule has 0 amide bonds. The van der Waals surface area contributed by atoms with Gasteiger partial charge in [-0.1, -0.05) is 12.1 Å². The van der Waals surface area contributed by atoms with Crippen molar-refractivity contribution >= 4 is 21.4 Å². The van der Waals surface area contributed by atoms with Crippen LogP contribution in [0, 0.1) is 12.7 Å². The van der Waals surface area contributed by atoms with Gasteiger partial charge in [0.05, 0.1) is 5.69 Å². The highest BCUT2D eigenvalue weighted by molar-refractivity contribution is 7.92. The average molecular weight is 280 g/mol. The highest BCUT2D eigenvalue weighted by Crippen LogP contribution is 2.22. The molecule has 0 saturated heterocycles. The summed E-state index contributed by atoms with van der Waals surface area (Å²) in [6, 6.07) is 10.1. The van der Waals surface area contributed by atoms with E-state index >= 15 is 0 Å². The molecule has 0 bridgehead atoms. The number of nitrogens with two attached hydrogens (primary N) is 1. The molecule has 0 atom stereocenters. The highest BCUT2D eigenvalue weighted by Gasteiger charge is 2.17. The molecule has 19 heavy (non-hydrogen) atoms. The summed E-state index contributed by atoms with van der Waals surface area (Å²) in [5.41, 5.74) is 6.45. The number of nitrogens with one attached hydrogen (secondary N) is 1. The van der Waals surface area contributed by atoms with Gasteiger partial charge in [-0.15, -0.1) is 0 Å². The monoisotopic (exact) mass is 280 g/mol. The summed E-state index contributed by atoms with van der Waals surface area (Å²) in [6.45, 7) is 1.56. The maximum absolute atomic E-state index is 13.1. The summed E-state index contributed by atoms with van der Waals surface area (Å²) in [6.07, 6.45) is 0. The first-order valence-corrected chi connectivity index (χ1v) is 7.02. The Labute approximate surface area is 111 Å². The molecule has 2 aromatic carbocycles. The van der Waals surface area contributed by atoms with E-state index < -0.39 is 10.0 Å². The van der Waals surface area contributed by atoms with Crippen molar-refractivity contribution in [1.29, 1.82) is 0 Å². The maximum atomic E-state index is 13.1. The van der Waals surface area contributed by atoms with Gasteiger partial charge in [-0.25, -0.2) is 12.8 Å². The van der Waals surface area contributed by atoms with Crippen molar-refractivity contribution in [2.45, 2.75) is 11.8 Å². The number of aryl methyl sites for hydroxylation is 1. The van der Waals surface area contributed by atoms with Gasteiger partial charge in [0, 0.05) is 5.69 Å². The summed E-state index contributed by atoms with van der Waals surface area (Å²) in [5.74, 6) is -0.387. The van der Waals surface area contributed by atoms with Gasteiger partial charge in [0.15, 0.2) is 0 Å². The predicted molar refractivity (Wildman–Crippen MR) is 72.8 cm³/mol. The number of sulfonamides is 1. The minimum absolute atomic E-state index is 0.00280. The number of rotatable bonds is 3. The zero-order chi connectivity index (χ0) is 14.0. The van der Waals surface area contributed by atoms with Crippen molar-refractivity contribution in [3.63, 3.8) is 0 Å². The van der Waals surface area contributed by atoms with E-state index in [0.29, 0.717) is 11.3 Å². The lowest BCUT2D eigenvalue weighted by Gasteiger charge is -2.10. The topological polar surface area (TPSA) is 72.2 Å². The molecule has 100 valence electrons. The zero-order valence-electron chi connectivity index (χ0n) is 10.2. The molecule has 0 aromatic heterocycles. The van der Waals surface area contributed by atoms with Crippen LogP contribution < -0.4 is 10.5 Å². The third-order valence-corrected chi connectivity index (χ3v) is 4.07. The van der Waals surface area contributed by atoms with Crippen LogP contribution in [-0.2, 0) is 10.0 Å². The number of hydrogen-bond acceptors (Lipinski definition) is 3. The molecule has 0 radical (unpaired) electrons. The van der Waals surface area contributed by atoms with Crippen LogP contribution in [0.15, 0.2) is 47.4 Å². The second-order valence-corrected chi connectivity index (χ2v) is 5.76. The summed E-state index contributed by atoms with van der Waals surface area (Å²) < 4.78 is 39.8. The van der Waals surface area contributed by atoms with Gasteiger partial charge < -0.3 is 5.73 Å². The summed E-state index contributed by atoms with van der Waals surface area (Å²) in [5, 5.41) is 0. The SMILES string of the molecule is Cc1cc(NS(=O)(=O)c2ccccc2N)ccc1F. The van der Waals surface area contributed by atoms with Crippen molar-refractivity contribution < 1.29 is 12.8 Å². The Hall–Kier alpha value is -2.08. The van der Waals surface area contributed by atoms with E-state index in [9.17, 15) is 12.8 Å². The molecule has 2 aromatic rings. The van der Waals surface area contributed by atoms with Crippen LogP contribution in [0.4, 0.5) is 15.8 Å². The van der Waals surface area contributed by atoms with Crippen molar-refractivity contribution in [3.8, 4) is 0 Å². The second-order valence-electron chi connectivity index (χ2n) is 4.11. The van der Waals surface area contributed by atoms with E-state index in [0.717, 1.165) is 0 Å². The third-order valence-electron chi connectivity index (χ3n) is 2.62. The molecule has 0 spiro atoms. The lowest BCUT2D eigenvalue weighted by molar-refractivity contribution is 0.601. The molecule has 6 heteroatoms. The lowest BCUT2D eigenvalue weighted by Crippen LogP contribution is -2.14. The lowest BCUT2D eigenvalue weighted by atomic mass is 10.2. The van der Waals surface area contributed by atoms with Gasteiger partial charge in [0.1, 0.15) is 10.7 Å². The van der Waals surface area contributed by atoms with Gasteiger partial charge in [0.2, 0.25) is 0 Å². The molecule has 0 aliphatic heterocycles. The number of halogens is 1. The van der Waals surface area contributed by atoms with Crippen LogP contribution in [0.25, 0.3) is 0 Å². The smallest absolute Gasteiger partial charge is 0.263 e. The molecule has 2 rings (SSSR count). The first-order chi connectivity index (χ1) is 8.90. The fourth-order valence-electron chi connectivity index (χ4n) is 1.64. The van der Waals surface area contributed by atoms with Gasteiger partial charge in [-0.3, -0.25) is 4.72 Å². The molecule has 0 unspecified atom stereocenters. The van der Waals surface area contributed by atoms with E-state index in [2.05, 4.69) is 4.72 Å². The Morgan fingerprint density at radius 1 is 1.16 bits per heavy atom. The van der Waals surface area contributed by atoms with E-state index in [4.69, 9.17) is 5.73 Å². The average Bonchev–Trinajstić information content (AvgIpc) is 2.34. The predicted octanol–water partition coefficient (Wildman–Crippen LogP) is 2.52. The van der Waals surface area contributed by atoms with Crippen molar-refractivity contribution in [2.24, 2.45) is 0 Å². The second kappa shape index (κ2) is 4.89. The standard InChI is InChI=1S/C13H13FN2O2S/c1-9-8-10(6-7-11(9)14)16-19(17,18)13-5-3-2-4-12(13)15/h2-8,16H,15H2,1H3. The normalized spacial score (nSPS) is 11.3. The van der Waals surface area contributed by atoms with E-state index in [1.54, 1.807) is 19.1 Å². The molecule has 4 nitrogen and oxygen atoms in total. The van der Waals surface area contributed by atoms with E-state index in [-0.39, 0.29) is 16.4 Å². The van der Waals surface area contributed by atoms with Crippen molar-refractivity contribution in [3.05, 3.63) is 53.8 Å². The fourth-order valence-corrected chi connectivity index (χ4v) is 2.83. The van der Waals surface area contributed by atoms with Crippen LogP contribution in [0.3, 0.4) is 0 Å². The molecule has 0 aliphatic carbocycles. The van der Waals surface area contributed by atoms with E-state index in [1.807, 2.05) is 0 Å². The minimum atomic E-state index is -3.77. The van der Waals surface area contributed by atoms with Crippen LogP contribution in [0.1, 0.15) is 5.56 Å². The molecule has 0 fully saturated rings. The molecular weight excluding hydrogens is 267 g/mol. The molecule has 0 saturated carbocycles. The van der Waals surface area contributed by atoms with E-state index in [1.165, 1.54) is 30.3 Å². The molecule has 3 N–H and O–H groups in total. The largest absolute Gasteiger partial charge is 0.398 e. The fraction of sp³-hybridized carbons (Fsp3) is 0.0769. The Kier molecular flexibility index (Phi) is 3.44. The summed E-state index contributed by atoms with van der Waals surface area (Å²) >= 11 is 0. The minimum Gasteiger partial charge on any atom is -0.398 e. The molecule has 0 aliphatic rings. The number of hydrogen-bond donors (Lipinski definition) is 2. The zero-order valence-corrected chi connectivity index (χ0v) is 11.0. The molecule has 0 heterocycles. The first-order valence-electron chi connectivity index (χ1n) is 5.53.